The van der Waals surface area contributed by atoms with Crippen molar-refractivity contribution in [1.29, 1.82) is 0 Å². The number of aliphatic hydroxyl groups excluding tert-OH is 1. The van der Waals surface area contributed by atoms with Gasteiger partial charge in [-0.25, -0.2) is 0 Å². The van der Waals surface area contributed by atoms with Crippen molar-refractivity contribution in [2.75, 3.05) is 32.8 Å². The lowest BCUT2D eigenvalue weighted by atomic mass is 9.82. The first-order valence-electron chi connectivity index (χ1n) is 13.0. The molecule has 2 aliphatic heterocycles. The molecule has 178 valence electrons. The highest BCUT2D eigenvalue weighted by molar-refractivity contribution is 5.76. The monoisotopic (exact) mass is 444 g/mol. The summed E-state index contributed by atoms with van der Waals surface area (Å²) in [7, 11) is 0. The van der Waals surface area contributed by atoms with E-state index < -0.39 is 6.10 Å². The van der Waals surface area contributed by atoms with Crippen LogP contribution in [0.3, 0.4) is 0 Å². The molecule has 0 aromatic heterocycles. The van der Waals surface area contributed by atoms with Crippen LogP contribution in [-0.4, -0.2) is 60.9 Å². The maximum atomic E-state index is 13.1. The summed E-state index contributed by atoms with van der Waals surface area (Å²) in [5.41, 5.74) is 0. The summed E-state index contributed by atoms with van der Waals surface area (Å²) in [4.78, 5) is 15.5. The van der Waals surface area contributed by atoms with Crippen molar-refractivity contribution in [2.45, 2.75) is 76.4 Å². The van der Waals surface area contributed by atoms with Crippen LogP contribution in [-0.2, 0) is 14.3 Å². The van der Waals surface area contributed by atoms with Gasteiger partial charge in [0.25, 0.3) is 0 Å². The standard InChI is InChI=1S/C26H40N2O4/c29-25(15-18-13-19-5-1-2-6-20(19)14-18)27-22(17-28-9-3-4-10-28)26(30)21-7-8-23-24(16-21)32-12-11-31-23/h7-8,18-22,26,30H,1-6,9-17H2,(H,27,29)/t18?,19?,20?,21?,22-,26-/m1/s1. The zero-order valence-corrected chi connectivity index (χ0v) is 19.3. The number of nitrogens with zero attached hydrogens (tertiary/aromatic N) is 1. The van der Waals surface area contributed by atoms with Crippen LogP contribution in [0.25, 0.3) is 0 Å². The lowest BCUT2D eigenvalue weighted by Gasteiger charge is -2.34. The van der Waals surface area contributed by atoms with E-state index in [-0.39, 0.29) is 17.9 Å². The van der Waals surface area contributed by atoms with E-state index in [1.165, 1.54) is 51.4 Å². The molecular formula is C26H40N2O4. The third kappa shape index (κ3) is 5.17. The number of ether oxygens (including phenoxy) is 2. The highest BCUT2D eigenvalue weighted by Gasteiger charge is 2.38. The summed E-state index contributed by atoms with van der Waals surface area (Å²) >= 11 is 0. The number of fused-ring (bicyclic) bond motifs is 1. The lowest BCUT2D eigenvalue weighted by Crippen LogP contribution is -2.52. The van der Waals surface area contributed by atoms with Gasteiger partial charge in [0.1, 0.15) is 19.0 Å². The number of hydrogen-bond donors (Lipinski definition) is 2. The van der Waals surface area contributed by atoms with Gasteiger partial charge in [-0.15, -0.1) is 0 Å². The Hall–Kier alpha value is -1.53. The first-order valence-corrected chi connectivity index (χ1v) is 13.0. The summed E-state index contributed by atoms with van der Waals surface area (Å²) in [6.45, 7) is 3.96. The fraction of sp³-hybridized carbons (Fsp3) is 0.808. The maximum absolute atomic E-state index is 13.1. The molecule has 6 heteroatoms. The van der Waals surface area contributed by atoms with Crippen LogP contribution in [0.2, 0.25) is 0 Å². The number of carbonyl (C=O) groups excluding carboxylic acids is 1. The van der Waals surface area contributed by atoms with E-state index in [9.17, 15) is 9.90 Å². The smallest absolute Gasteiger partial charge is 0.220 e. The van der Waals surface area contributed by atoms with Crippen LogP contribution >= 0.6 is 0 Å². The summed E-state index contributed by atoms with van der Waals surface area (Å²) in [6, 6.07) is -0.259. The van der Waals surface area contributed by atoms with Gasteiger partial charge in [-0.3, -0.25) is 4.79 Å². The molecule has 32 heavy (non-hydrogen) atoms. The number of carbonyl (C=O) groups is 1. The molecule has 0 radical (unpaired) electrons. The first-order chi connectivity index (χ1) is 15.7. The molecule has 2 saturated carbocycles. The SMILES string of the molecule is O=C(CC1CC2CCCCC2C1)N[C@H](CN1CCCC1)[C@H](O)C1C=CC2=C(C1)OCCO2. The zero-order valence-electron chi connectivity index (χ0n) is 19.3. The molecule has 0 aromatic carbocycles. The Balaban J connectivity index is 1.20. The number of aliphatic hydroxyl groups is 1. The van der Waals surface area contributed by atoms with Crippen LogP contribution in [0.15, 0.2) is 23.7 Å². The Morgan fingerprint density at radius 1 is 1.09 bits per heavy atom. The number of rotatable bonds is 7. The third-order valence-corrected chi connectivity index (χ3v) is 8.47. The second-order valence-corrected chi connectivity index (χ2v) is 10.7. The topological polar surface area (TPSA) is 71.0 Å². The Morgan fingerprint density at radius 2 is 1.81 bits per heavy atom. The van der Waals surface area contributed by atoms with E-state index in [0.29, 0.717) is 32.0 Å². The normalized spacial score (nSPS) is 34.3. The van der Waals surface area contributed by atoms with Crippen LogP contribution in [0.5, 0.6) is 0 Å². The molecular weight excluding hydrogens is 404 g/mol. The molecule has 0 bridgehead atoms. The van der Waals surface area contributed by atoms with Crippen molar-refractivity contribution in [3.05, 3.63) is 23.7 Å². The van der Waals surface area contributed by atoms with E-state index in [0.717, 1.165) is 43.0 Å². The van der Waals surface area contributed by atoms with Crippen molar-refractivity contribution in [2.24, 2.45) is 23.7 Å². The summed E-state index contributed by atoms with van der Waals surface area (Å²) in [5.74, 6) is 3.89. The largest absolute Gasteiger partial charge is 0.490 e. The van der Waals surface area contributed by atoms with Crippen LogP contribution in [0, 0.1) is 23.7 Å². The second-order valence-electron chi connectivity index (χ2n) is 10.7. The van der Waals surface area contributed by atoms with E-state index >= 15 is 0 Å². The molecule has 2 N–H and O–H groups in total. The molecule has 3 unspecified atom stereocenters. The van der Waals surface area contributed by atoms with E-state index in [4.69, 9.17) is 9.47 Å². The first kappa shape index (κ1) is 22.3. The van der Waals surface area contributed by atoms with Gasteiger partial charge < -0.3 is 24.8 Å². The summed E-state index contributed by atoms with van der Waals surface area (Å²) < 4.78 is 11.5. The van der Waals surface area contributed by atoms with Gasteiger partial charge in [-0.2, -0.15) is 0 Å². The van der Waals surface area contributed by atoms with Gasteiger partial charge in [-0.05, 0) is 62.6 Å². The Labute approximate surface area is 192 Å². The van der Waals surface area contributed by atoms with Gasteiger partial charge in [-0.1, -0.05) is 31.8 Å². The number of hydrogen-bond acceptors (Lipinski definition) is 5. The Bertz CT molecular complexity index is 715. The molecule has 1 amide bonds. The number of likely N-dealkylation sites (tertiary alicyclic amines) is 1. The molecule has 5 rings (SSSR count). The highest BCUT2D eigenvalue weighted by Crippen LogP contribution is 2.46. The van der Waals surface area contributed by atoms with E-state index in [2.05, 4.69) is 10.2 Å². The third-order valence-electron chi connectivity index (χ3n) is 8.47. The molecule has 2 heterocycles. The fourth-order valence-electron chi connectivity index (χ4n) is 6.83. The van der Waals surface area contributed by atoms with E-state index in [1.54, 1.807) is 0 Å². The number of nitrogens with one attached hydrogen (secondary N) is 1. The predicted octanol–water partition coefficient (Wildman–Crippen LogP) is 3.37. The zero-order chi connectivity index (χ0) is 21.9. The minimum Gasteiger partial charge on any atom is -0.490 e. The molecule has 5 aliphatic rings. The number of amides is 1. The molecule has 5 atom stereocenters. The fourth-order valence-corrected chi connectivity index (χ4v) is 6.83. The molecule has 6 nitrogen and oxygen atoms in total. The van der Waals surface area contributed by atoms with Crippen molar-refractivity contribution in [1.82, 2.24) is 10.2 Å². The van der Waals surface area contributed by atoms with Crippen molar-refractivity contribution in [3.8, 4) is 0 Å². The van der Waals surface area contributed by atoms with Crippen molar-refractivity contribution >= 4 is 5.91 Å². The Morgan fingerprint density at radius 3 is 2.56 bits per heavy atom. The van der Waals surface area contributed by atoms with Gasteiger partial charge in [0, 0.05) is 25.3 Å². The van der Waals surface area contributed by atoms with Crippen LogP contribution in [0.4, 0.5) is 0 Å². The van der Waals surface area contributed by atoms with Crippen LogP contribution < -0.4 is 5.32 Å². The molecule has 3 fully saturated rings. The predicted molar refractivity (Wildman–Crippen MR) is 123 cm³/mol. The molecule has 1 saturated heterocycles. The van der Waals surface area contributed by atoms with Crippen molar-refractivity contribution in [3.63, 3.8) is 0 Å². The molecule has 0 aromatic rings. The van der Waals surface area contributed by atoms with Gasteiger partial charge >= 0.3 is 0 Å². The average Bonchev–Trinajstić information content (AvgIpc) is 3.47. The maximum Gasteiger partial charge on any atom is 0.220 e. The number of allylic oxidation sites excluding steroid dienone is 2. The van der Waals surface area contributed by atoms with Gasteiger partial charge in [0.2, 0.25) is 5.91 Å². The van der Waals surface area contributed by atoms with Gasteiger partial charge in [0.05, 0.1) is 12.1 Å². The van der Waals surface area contributed by atoms with Crippen molar-refractivity contribution < 1.29 is 19.4 Å². The minimum atomic E-state index is -0.637. The Kier molecular flexibility index (Phi) is 7.08. The minimum absolute atomic E-state index is 0.0716. The molecule has 0 spiro atoms. The average molecular weight is 445 g/mol. The van der Waals surface area contributed by atoms with Crippen LogP contribution in [0.1, 0.15) is 64.2 Å². The van der Waals surface area contributed by atoms with E-state index in [1.807, 2.05) is 12.2 Å². The second kappa shape index (κ2) is 10.2. The lowest BCUT2D eigenvalue weighted by molar-refractivity contribution is -0.124. The van der Waals surface area contributed by atoms with Gasteiger partial charge in [0.15, 0.2) is 5.76 Å². The quantitative estimate of drug-likeness (QED) is 0.630. The summed E-state index contributed by atoms with van der Waals surface area (Å²) in [6.07, 6.45) is 14.9. The highest BCUT2D eigenvalue weighted by atomic mass is 16.6. The summed E-state index contributed by atoms with van der Waals surface area (Å²) in [5, 5.41) is 14.6. The molecule has 3 aliphatic carbocycles.